The van der Waals surface area contributed by atoms with Crippen LogP contribution in [0.2, 0.25) is 5.15 Å². The number of carboxylic acids is 1. The minimum Gasteiger partial charge on any atom is -0.481 e. The quantitative estimate of drug-likeness (QED) is 0.886. The standard InChI is InChI=1S/C11H15ClN2O2/c1-2-14-7-13-9(12)8(14)11(10(15)16)5-3-4-6-11/h7H,2-6H2,1H3,(H,15,16). The van der Waals surface area contributed by atoms with Crippen molar-refractivity contribution >= 4 is 17.6 Å². The van der Waals surface area contributed by atoms with E-state index >= 15 is 0 Å². The summed E-state index contributed by atoms with van der Waals surface area (Å²) >= 11 is 6.04. The van der Waals surface area contributed by atoms with Gasteiger partial charge >= 0.3 is 5.97 Å². The van der Waals surface area contributed by atoms with Gasteiger partial charge in [-0.1, -0.05) is 24.4 Å². The van der Waals surface area contributed by atoms with Gasteiger partial charge in [0.25, 0.3) is 0 Å². The molecule has 0 aliphatic heterocycles. The maximum absolute atomic E-state index is 11.5. The number of aryl methyl sites for hydroxylation is 1. The molecule has 88 valence electrons. The molecule has 0 unspecified atom stereocenters. The van der Waals surface area contributed by atoms with Gasteiger partial charge in [-0.2, -0.15) is 0 Å². The Morgan fingerprint density at radius 1 is 1.62 bits per heavy atom. The number of aromatic nitrogens is 2. The maximum atomic E-state index is 11.5. The van der Waals surface area contributed by atoms with E-state index in [0.29, 0.717) is 30.2 Å². The van der Waals surface area contributed by atoms with E-state index in [1.165, 1.54) is 0 Å². The molecule has 1 aliphatic rings. The van der Waals surface area contributed by atoms with Gasteiger partial charge in [0.15, 0.2) is 5.15 Å². The molecule has 0 amide bonds. The van der Waals surface area contributed by atoms with Crippen molar-refractivity contribution in [3.05, 3.63) is 17.2 Å². The van der Waals surface area contributed by atoms with Crippen molar-refractivity contribution < 1.29 is 9.90 Å². The summed E-state index contributed by atoms with van der Waals surface area (Å²) in [5, 5.41) is 9.82. The molecule has 0 bridgehead atoms. The SMILES string of the molecule is CCn1cnc(Cl)c1C1(C(=O)O)CCCC1. The lowest BCUT2D eigenvalue weighted by Gasteiger charge is -2.25. The second-order valence-corrected chi connectivity index (χ2v) is 4.62. The third-order valence-electron chi connectivity index (χ3n) is 3.45. The monoisotopic (exact) mass is 242 g/mol. The first-order valence-corrected chi connectivity index (χ1v) is 5.94. The lowest BCUT2D eigenvalue weighted by atomic mass is 9.83. The number of hydrogen-bond acceptors (Lipinski definition) is 2. The highest BCUT2D eigenvalue weighted by molar-refractivity contribution is 6.30. The number of rotatable bonds is 3. The Balaban J connectivity index is 2.54. The zero-order valence-electron chi connectivity index (χ0n) is 9.24. The smallest absolute Gasteiger partial charge is 0.315 e. The van der Waals surface area contributed by atoms with Crippen molar-refractivity contribution in [3.8, 4) is 0 Å². The Kier molecular flexibility index (Phi) is 2.93. The van der Waals surface area contributed by atoms with E-state index in [4.69, 9.17) is 11.6 Å². The summed E-state index contributed by atoms with van der Waals surface area (Å²) in [5.41, 5.74) is -0.134. The molecule has 5 heteroatoms. The molecule has 4 nitrogen and oxygen atoms in total. The van der Waals surface area contributed by atoms with Crippen LogP contribution >= 0.6 is 11.6 Å². The molecular formula is C11H15ClN2O2. The minimum absolute atomic E-state index is 0.339. The van der Waals surface area contributed by atoms with Crippen molar-refractivity contribution in [3.63, 3.8) is 0 Å². The van der Waals surface area contributed by atoms with Gasteiger partial charge in [0.1, 0.15) is 5.41 Å². The molecule has 1 heterocycles. The lowest BCUT2D eigenvalue weighted by Crippen LogP contribution is -2.35. The van der Waals surface area contributed by atoms with E-state index in [-0.39, 0.29) is 0 Å². The Hall–Kier alpha value is -1.03. The first kappa shape index (κ1) is 11.5. The number of aliphatic carboxylic acids is 1. The summed E-state index contributed by atoms with van der Waals surface area (Å²) in [6.07, 6.45) is 4.83. The molecule has 0 spiro atoms. The average molecular weight is 243 g/mol. The maximum Gasteiger partial charge on any atom is 0.315 e. The molecule has 1 N–H and O–H groups in total. The van der Waals surface area contributed by atoms with Crippen LogP contribution in [0, 0.1) is 0 Å². The highest BCUT2D eigenvalue weighted by Crippen LogP contribution is 2.43. The highest BCUT2D eigenvalue weighted by atomic mass is 35.5. The highest BCUT2D eigenvalue weighted by Gasteiger charge is 2.46. The number of halogens is 1. The molecule has 0 atom stereocenters. The van der Waals surface area contributed by atoms with Crippen molar-refractivity contribution in [2.75, 3.05) is 0 Å². The summed E-state index contributed by atoms with van der Waals surface area (Å²) in [7, 11) is 0. The Morgan fingerprint density at radius 3 is 2.75 bits per heavy atom. The van der Waals surface area contributed by atoms with Crippen LogP contribution in [-0.4, -0.2) is 20.6 Å². The topological polar surface area (TPSA) is 55.1 Å². The third-order valence-corrected chi connectivity index (χ3v) is 3.73. The van der Waals surface area contributed by atoms with Crippen molar-refractivity contribution in [1.82, 2.24) is 9.55 Å². The average Bonchev–Trinajstić information content (AvgIpc) is 2.84. The van der Waals surface area contributed by atoms with E-state index in [1.54, 1.807) is 6.33 Å². The Morgan fingerprint density at radius 2 is 2.25 bits per heavy atom. The predicted molar refractivity (Wildman–Crippen MR) is 60.7 cm³/mol. The summed E-state index contributed by atoms with van der Waals surface area (Å²) in [5.74, 6) is -0.776. The number of imidazole rings is 1. The summed E-state index contributed by atoms with van der Waals surface area (Å²) in [6.45, 7) is 2.66. The van der Waals surface area contributed by atoms with Crippen LogP contribution in [0.5, 0.6) is 0 Å². The van der Waals surface area contributed by atoms with Gasteiger partial charge in [-0.15, -0.1) is 0 Å². The molecule has 1 aromatic rings. The van der Waals surface area contributed by atoms with Crippen LogP contribution in [0.1, 0.15) is 38.3 Å². The van der Waals surface area contributed by atoms with E-state index in [1.807, 2.05) is 11.5 Å². The number of carboxylic acid groups (broad SMARTS) is 1. The van der Waals surface area contributed by atoms with E-state index < -0.39 is 11.4 Å². The summed E-state index contributed by atoms with van der Waals surface area (Å²) < 4.78 is 1.85. The number of carbonyl (C=O) groups is 1. The van der Waals surface area contributed by atoms with Crippen LogP contribution in [0.15, 0.2) is 6.33 Å². The first-order valence-electron chi connectivity index (χ1n) is 5.56. The van der Waals surface area contributed by atoms with Crippen LogP contribution in [0.3, 0.4) is 0 Å². The lowest BCUT2D eigenvalue weighted by molar-refractivity contribution is -0.143. The molecule has 1 aliphatic carbocycles. The fraction of sp³-hybridized carbons (Fsp3) is 0.636. The van der Waals surface area contributed by atoms with Gasteiger partial charge in [0, 0.05) is 6.54 Å². The van der Waals surface area contributed by atoms with Crippen molar-refractivity contribution in [1.29, 1.82) is 0 Å². The zero-order chi connectivity index (χ0) is 11.8. The number of nitrogens with zero attached hydrogens (tertiary/aromatic N) is 2. The van der Waals surface area contributed by atoms with E-state index in [9.17, 15) is 9.90 Å². The molecule has 0 radical (unpaired) electrons. The molecule has 2 rings (SSSR count). The van der Waals surface area contributed by atoms with Gasteiger partial charge in [-0.05, 0) is 19.8 Å². The van der Waals surface area contributed by atoms with Crippen LogP contribution in [0.4, 0.5) is 0 Å². The predicted octanol–water partition coefficient (Wildman–Crippen LogP) is 2.45. The molecule has 1 saturated carbocycles. The zero-order valence-corrected chi connectivity index (χ0v) is 10.00. The van der Waals surface area contributed by atoms with Crippen molar-refractivity contribution in [2.24, 2.45) is 0 Å². The van der Waals surface area contributed by atoms with E-state index in [2.05, 4.69) is 4.98 Å². The molecule has 0 saturated heterocycles. The van der Waals surface area contributed by atoms with Crippen LogP contribution in [-0.2, 0) is 16.8 Å². The normalized spacial score (nSPS) is 18.9. The second kappa shape index (κ2) is 4.09. The van der Waals surface area contributed by atoms with Crippen LogP contribution in [0.25, 0.3) is 0 Å². The molecule has 1 aromatic heterocycles. The van der Waals surface area contributed by atoms with Gasteiger partial charge in [0.05, 0.1) is 12.0 Å². The molecule has 1 fully saturated rings. The van der Waals surface area contributed by atoms with Crippen molar-refractivity contribution in [2.45, 2.75) is 44.6 Å². The fourth-order valence-corrected chi connectivity index (χ4v) is 2.93. The first-order chi connectivity index (χ1) is 7.62. The summed E-state index contributed by atoms with van der Waals surface area (Å²) in [4.78, 5) is 15.6. The summed E-state index contributed by atoms with van der Waals surface area (Å²) in [6, 6.07) is 0. The van der Waals surface area contributed by atoms with Gasteiger partial charge in [0.2, 0.25) is 0 Å². The largest absolute Gasteiger partial charge is 0.481 e. The molecule has 16 heavy (non-hydrogen) atoms. The second-order valence-electron chi connectivity index (χ2n) is 4.26. The van der Waals surface area contributed by atoms with Gasteiger partial charge < -0.3 is 9.67 Å². The molecule has 0 aromatic carbocycles. The third kappa shape index (κ3) is 1.52. The van der Waals surface area contributed by atoms with Gasteiger partial charge in [-0.3, -0.25) is 4.79 Å². The van der Waals surface area contributed by atoms with Gasteiger partial charge in [-0.25, -0.2) is 4.98 Å². The molecular weight excluding hydrogens is 228 g/mol. The minimum atomic E-state index is -0.816. The Bertz CT molecular complexity index is 408. The Labute approximate surface area is 99.2 Å². The number of hydrogen-bond donors (Lipinski definition) is 1. The van der Waals surface area contributed by atoms with E-state index in [0.717, 1.165) is 12.8 Å². The van der Waals surface area contributed by atoms with Crippen LogP contribution < -0.4 is 0 Å². The fourth-order valence-electron chi connectivity index (χ4n) is 2.60.